The van der Waals surface area contributed by atoms with Crippen molar-refractivity contribution in [2.75, 3.05) is 0 Å². The van der Waals surface area contributed by atoms with E-state index in [9.17, 15) is 0 Å². The molecule has 0 unspecified atom stereocenters. The zero-order valence-corrected chi connectivity index (χ0v) is 20.6. The first-order valence-corrected chi connectivity index (χ1v) is 11.2. The largest absolute Gasteiger partial charge is 0.0776 e. The van der Waals surface area contributed by atoms with Crippen molar-refractivity contribution in [1.29, 1.82) is 0 Å². The van der Waals surface area contributed by atoms with Crippen molar-refractivity contribution in [3.63, 3.8) is 0 Å². The number of hydrogen-bond donors (Lipinski definition) is 0. The molecule has 0 atom stereocenters. The molecule has 0 heteroatoms. The topological polar surface area (TPSA) is 0 Å². The van der Waals surface area contributed by atoms with Crippen LogP contribution in [0.2, 0.25) is 0 Å². The molecule has 0 aromatic rings. The van der Waals surface area contributed by atoms with Crippen LogP contribution in [0.1, 0.15) is 162 Å². The lowest BCUT2D eigenvalue weighted by molar-refractivity contribution is 0.359. The molecule has 0 saturated heterocycles. The summed E-state index contributed by atoms with van der Waals surface area (Å²) in [4.78, 5) is 0. The van der Waals surface area contributed by atoms with E-state index in [1.165, 1.54) is 64.2 Å². The maximum Gasteiger partial charge on any atom is -0.0383 e. The minimum Gasteiger partial charge on any atom is -0.0776 e. The average Bonchev–Trinajstić information content (AvgIpc) is 2.36. The number of hydrogen-bond acceptors (Lipinski definition) is 0. The molecule has 0 bridgehead atoms. The van der Waals surface area contributed by atoms with Gasteiger partial charge in [0.15, 0.2) is 0 Å². The van der Waals surface area contributed by atoms with Gasteiger partial charge in [-0.15, -0.1) is 0 Å². The summed E-state index contributed by atoms with van der Waals surface area (Å²) in [6.45, 7) is 27.4. The summed E-state index contributed by atoms with van der Waals surface area (Å²) >= 11 is 0. The van der Waals surface area contributed by atoms with E-state index in [0.29, 0.717) is 16.2 Å². The fourth-order valence-corrected chi connectivity index (χ4v) is 2.56. The van der Waals surface area contributed by atoms with E-state index in [1.807, 2.05) is 0 Å². The molecule has 0 fully saturated rings. The maximum atomic E-state index is 2.31. The molecule has 0 aromatic carbocycles. The van der Waals surface area contributed by atoms with Gasteiger partial charge < -0.3 is 0 Å². The van der Waals surface area contributed by atoms with Crippen molar-refractivity contribution < 1.29 is 0 Å². The van der Waals surface area contributed by atoms with Gasteiger partial charge in [0, 0.05) is 0 Å². The van der Waals surface area contributed by atoms with E-state index in [2.05, 4.69) is 83.1 Å². The highest BCUT2D eigenvalue weighted by Gasteiger charge is 2.08. The molecule has 0 aliphatic heterocycles. The molecule has 0 radical (unpaired) electrons. The van der Waals surface area contributed by atoms with E-state index in [1.54, 1.807) is 0 Å². The second kappa shape index (κ2) is 20.7. The molecular weight excluding hydrogens is 324 g/mol. The van der Waals surface area contributed by atoms with Gasteiger partial charge in [0.2, 0.25) is 0 Å². The van der Waals surface area contributed by atoms with Gasteiger partial charge in [-0.25, -0.2) is 0 Å². The van der Waals surface area contributed by atoms with Gasteiger partial charge in [0.25, 0.3) is 0 Å². The van der Waals surface area contributed by atoms with Gasteiger partial charge in [-0.05, 0) is 35.5 Å². The van der Waals surface area contributed by atoms with Crippen molar-refractivity contribution in [2.24, 2.45) is 16.2 Å². The lowest BCUT2D eigenvalue weighted by atomic mass is 9.90. The first kappa shape index (κ1) is 37.7. The Labute approximate surface area is 178 Å². The fourth-order valence-electron chi connectivity index (χ4n) is 2.56. The lowest BCUT2D eigenvalue weighted by Crippen LogP contribution is -2.03. The Morgan fingerprint density at radius 2 is 0.630 bits per heavy atom. The van der Waals surface area contributed by atoms with Crippen LogP contribution in [0.4, 0.5) is 0 Å². The zero-order chi connectivity index (χ0) is 20.6. The smallest absolute Gasteiger partial charge is 0.0383 e. The van der Waals surface area contributed by atoms with Gasteiger partial charge in [-0.1, -0.05) is 143 Å². The number of unbranched alkanes of at least 4 members (excludes halogenated alkanes) is 4. The minimum absolute atomic E-state index is 0. The molecule has 0 aromatic heterocycles. The van der Waals surface area contributed by atoms with E-state index < -0.39 is 0 Å². The number of rotatable bonds is 7. The summed E-state index contributed by atoms with van der Waals surface area (Å²) in [6.07, 6.45) is 13.7. The molecule has 0 N–H and O–H groups in total. The van der Waals surface area contributed by atoms with Crippen molar-refractivity contribution in [3.05, 3.63) is 0 Å². The highest BCUT2D eigenvalue weighted by Crippen LogP contribution is 2.22. The van der Waals surface area contributed by atoms with Crippen molar-refractivity contribution in [2.45, 2.75) is 162 Å². The molecule has 0 rings (SSSR count). The lowest BCUT2D eigenvalue weighted by Gasteiger charge is -2.16. The summed E-state index contributed by atoms with van der Waals surface area (Å²) in [6, 6.07) is 0. The van der Waals surface area contributed by atoms with Crippen LogP contribution < -0.4 is 0 Å². The first-order valence-electron chi connectivity index (χ1n) is 11.2. The van der Waals surface area contributed by atoms with Crippen LogP contribution in [0.5, 0.6) is 0 Å². The predicted molar refractivity (Wildman–Crippen MR) is 135 cm³/mol. The van der Waals surface area contributed by atoms with Gasteiger partial charge >= 0.3 is 0 Å². The first-order chi connectivity index (χ1) is 11.2. The maximum absolute atomic E-state index is 2.31. The Morgan fingerprint density at radius 3 is 0.741 bits per heavy atom. The highest BCUT2D eigenvalue weighted by atomic mass is 14.1. The molecule has 0 amide bonds. The van der Waals surface area contributed by atoms with Crippen LogP contribution in [0, 0.1) is 16.2 Å². The molecule has 0 nitrogen and oxygen atoms in total. The van der Waals surface area contributed by atoms with Crippen LogP contribution in [-0.4, -0.2) is 0 Å². The molecular formula is C27H64. The normalized spacial score (nSPS) is 11.1. The van der Waals surface area contributed by atoms with Crippen LogP contribution in [0.3, 0.4) is 0 Å². The molecule has 0 heterocycles. The molecule has 0 aliphatic carbocycles. The Morgan fingerprint density at radius 1 is 0.370 bits per heavy atom. The van der Waals surface area contributed by atoms with E-state index >= 15 is 0 Å². The van der Waals surface area contributed by atoms with E-state index in [-0.39, 0.29) is 14.9 Å². The predicted octanol–water partition coefficient (Wildman–Crippen LogP) is 11.3. The second-order valence-corrected chi connectivity index (χ2v) is 11.3. The summed E-state index contributed by atoms with van der Waals surface area (Å²) < 4.78 is 0. The summed E-state index contributed by atoms with van der Waals surface area (Å²) in [7, 11) is 0. The quantitative estimate of drug-likeness (QED) is 0.380. The molecule has 0 saturated carbocycles. The third kappa shape index (κ3) is 58.5. The zero-order valence-electron chi connectivity index (χ0n) is 20.6. The molecule has 0 spiro atoms. The third-order valence-corrected chi connectivity index (χ3v) is 4.06. The van der Waals surface area contributed by atoms with Crippen molar-refractivity contribution in [1.82, 2.24) is 0 Å². The van der Waals surface area contributed by atoms with Gasteiger partial charge in [0.05, 0.1) is 0 Å². The van der Waals surface area contributed by atoms with E-state index in [4.69, 9.17) is 0 Å². The molecule has 27 heavy (non-hydrogen) atoms. The van der Waals surface area contributed by atoms with Gasteiger partial charge in [-0.2, -0.15) is 0 Å². The molecule has 0 aliphatic rings. The molecule has 172 valence electrons. The Hall–Kier alpha value is 0. The van der Waals surface area contributed by atoms with Gasteiger partial charge in [-0.3, -0.25) is 0 Å². The summed E-state index contributed by atoms with van der Waals surface area (Å²) in [5, 5.41) is 0. The summed E-state index contributed by atoms with van der Waals surface area (Å²) in [5.74, 6) is 0. The van der Waals surface area contributed by atoms with Gasteiger partial charge in [0.1, 0.15) is 0 Å². The van der Waals surface area contributed by atoms with Crippen LogP contribution in [0.15, 0.2) is 0 Å². The highest BCUT2D eigenvalue weighted by molar-refractivity contribution is 4.61. The Kier molecular flexibility index (Phi) is 28.9. The fraction of sp³-hybridized carbons (Fsp3) is 1.00. The SMILES string of the molecule is C.C.CCCC(C)(C)C.CCCCCC(C)(C)C.CCCCCC(C)(C)C. The van der Waals surface area contributed by atoms with Crippen molar-refractivity contribution >= 4 is 0 Å². The van der Waals surface area contributed by atoms with E-state index in [0.717, 1.165) is 0 Å². The Bertz CT molecular complexity index is 221. The average molecular weight is 389 g/mol. The van der Waals surface area contributed by atoms with Crippen LogP contribution in [-0.2, 0) is 0 Å². The standard InChI is InChI=1S/2C9H20.C7H16.2CH4/c2*1-5-6-7-8-9(2,3)4;1-5-6-7(2,3)4;;/h2*5-8H2,1-4H3;5-6H2,1-4H3;2*1H4. The van der Waals surface area contributed by atoms with Crippen LogP contribution in [0.25, 0.3) is 0 Å². The minimum atomic E-state index is 0. The monoisotopic (exact) mass is 389 g/mol. The van der Waals surface area contributed by atoms with Crippen molar-refractivity contribution in [3.8, 4) is 0 Å². The third-order valence-electron chi connectivity index (χ3n) is 4.06. The Balaban J connectivity index is -0.0000000872. The van der Waals surface area contributed by atoms with Crippen LogP contribution >= 0.6 is 0 Å². The second-order valence-electron chi connectivity index (χ2n) is 11.3. The summed E-state index contributed by atoms with van der Waals surface area (Å²) in [5.41, 5.74) is 1.65.